The van der Waals surface area contributed by atoms with Gasteiger partial charge in [-0.15, -0.1) is 0 Å². The molecule has 7 atom stereocenters. The van der Waals surface area contributed by atoms with Crippen LogP contribution >= 0.6 is 0 Å². The van der Waals surface area contributed by atoms with Gasteiger partial charge in [-0.1, -0.05) is 40.2 Å². The van der Waals surface area contributed by atoms with E-state index >= 15 is 4.39 Å². The van der Waals surface area contributed by atoms with Gasteiger partial charge in [0.05, 0.1) is 47.5 Å². The fraction of sp³-hybridized carbons (Fsp3) is 0.667. The second-order valence-corrected chi connectivity index (χ2v) is 11.0. The lowest BCUT2D eigenvalue weighted by molar-refractivity contribution is -0.143. The largest absolute Gasteiger partial charge is 0.392 e. The molecule has 7 nitrogen and oxygen atoms in total. The zero-order valence-corrected chi connectivity index (χ0v) is 21.3. The minimum absolute atomic E-state index is 0.120. The van der Waals surface area contributed by atoms with Crippen LogP contribution < -0.4 is 5.32 Å². The van der Waals surface area contributed by atoms with E-state index in [1.807, 2.05) is 13.8 Å². The smallest absolute Gasteiger partial charge is 0.223 e. The van der Waals surface area contributed by atoms with Crippen LogP contribution in [0.4, 0.5) is 4.39 Å². The van der Waals surface area contributed by atoms with Crippen molar-refractivity contribution >= 4 is 17.8 Å². The van der Waals surface area contributed by atoms with E-state index in [0.717, 1.165) is 12.8 Å². The molecule has 1 aromatic heterocycles. The Morgan fingerprint density at radius 1 is 1.23 bits per heavy atom. The quantitative estimate of drug-likeness (QED) is 0.547. The number of Topliss-reactive ketones (excluding diaryl/α,β-unsaturated/α-hetero) is 1. The van der Waals surface area contributed by atoms with Gasteiger partial charge in [-0.3, -0.25) is 14.6 Å². The SMILES string of the molecule is C[C@H]1CCCC2(C)OC2C[C@@H](C(F)=Cc2ccccn2)NC(=O)C[C@H](O)C(C)(C)C(=O)[C@H](C)[C@H]1O. The Morgan fingerprint density at radius 3 is 2.60 bits per heavy atom. The number of ether oxygens (including phenoxy) is 1. The third kappa shape index (κ3) is 6.54. The van der Waals surface area contributed by atoms with Crippen molar-refractivity contribution in [1.82, 2.24) is 10.3 Å². The summed E-state index contributed by atoms with van der Waals surface area (Å²) >= 11 is 0. The van der Waals surface area contributed by atoms with E-state index in [1.165, 1.54) is 6.08 Å². The average molecular weight is 491 g/mol. The number of carbonyl (C=O) groups excluding carboxylic acids is 2. The van der Waals surface area contributed by atoms with Crippen molar-refractivity contribution in [1.29, 1.82) is 0 Å². The second-order valence-electron chi connectivity index (χ2n) is 11.0. The van der Waals surface area contributed by atoms with E-state index in [-0.39, 0.29) is 30.6 Å². The van der Waals surface area contributed by atoms with Crippen molar-refractivity contribution in [3.05, 3.63) is 35.9 Å². The summed E-state index contributed by atoms with van der Waals surface area (Å²) in [5.74, 6) is -2.24. The number of hydrogen-bond acceptors (Lipinski definition) is 6. The standard InChI is InChI=1S/C27H39FN2O5/c1-16-9-8-11-27(5)22(35-27)14-20(19(28)13-18-10-6-7-12-29-18)30-23(32)15-21(31)26(3,4)25(34)17(2)24(16)33/h6-7,10,12-13,16-17,20-22,24,31,33H,8-9,11,14-15H2,1-5H3,(H,30,32)/t16-,17+,20-,21-,22?,24-,27?/m0/s1. The molecule has 2 saturated heterocycles. The number of carbonyl (C=O) groups is 2. The Labute approximate surface area is 207 Å². The number of amides is 1. The predicted molar refractivity (Wildman–Crippen MR) is 131 cm³/mol. The monoisotopic (exact) mass is 490 g/mol. The Hall–Kier alpha value is -2.16. The van der Waals surface area contributed by atoms with E-state index in [2.05, 4.69) is 10.3 Å². The number of halogens is 1. The van der Waals surface area contributed by atoms with Crippen LogP contribution in [0.1, 0.15) is 72.4 Å². The number of ketones is 1. The Bertz CT molecular complexity index is 937. The number of pyridine rings is 1. The zero-order valence-electron chi connectivity index (χ0n) is 21.3. The first-order chi connectivity index (χ1) is 16.3. The van der Waals surface area contributed by atoms with Crippen LogP contribution in [0.2, 0.25) is 0 Å². The lowest BCUT2D eigenvalue weighted by Crippen LogP contribution is -2.47. The number of fused-ring (bicyclic) bond motifs is 1. The van der Waals surface area contributed by atoms with E-state index in [0.29, 0.717) is 12.1 Å². The summed E-state index contributed by atoms with van der Waals surface area (Å²) in [5.41, 5.74) is -1.26. The summed E-state index contributed by atoms with van der Waals surface area (Å²) in [5, 5.41) is 24.3. The summed E-state index contributed by atoms with van der Waals surface area (Å²) < 4.78 is 21.2. The minimum Gasteiger partial charge on any atom is -0.392 e. The van der Waals surface area contributed by atoms with Gasteiger partial charge in [-0.05, 0) is 43.9 Å². The summed E-state index contributed by atoms with van der Waals surface area (Å²) in [4.78, 5) is 30.2. The highest BCUT2D eigenvalue weighted by Crippen LogP contribution is 2.44. The number of aliphatic hydroxyl groups is 2. The minimum atomic E-state index is -1.29. The van der Waals surface area contributed by atoms with Gasteiger partial charge in [0.1, 0.15) is 11.6 Å². The molecule has 3 N–H and O–H groups in total. The van der Waals surface area contributed by atoms with Gasteiger partial charge in [0.15, 0.2) is 0 Å². The van der Waals surface area contributed by atoms with E-state index in [4.69, 9.17) is 4.74 Å². The summed E-state index contributed by atoms with van der Waals surface area (Å²) in [6.45, 7) is 8.70. The van der Waals surface area contributed by atoms with Crippen molar-refractivity contribution in [2.45, 2.75) is 96.7 Å². The topological polar surface area (TPSA) is 112 Å². The van der Waals surface area contributed by atoms with Gasteiger partial charge in [0.25, 0.3) is 0 Å². The number of epoxide rings is 1. The van der Waals surface area contributed by atoms with Crippen LogP contribution in [-0.4, -0.2) is 56.8 Å². The maximum atomic E-state index is 15.3. The number of nitrogens with one attached hydrogen (secondary N) is 1. The van der Waals surface area contributed by atoms with Gasteiger partial charge in [0, 0.05) is 18.5 Å². The molecule has 0 spiro atoms. The number of aromatic nitrogens is 1. The molecule has 0 aromatic carbocycles. The molecule has 3 rings (SSSR count). The number of nitrogens with zero attached hydrogens (tertiary/aromatic N) is 1. The molecular formula is C27H39FN2O5. The van der Waals surface area contributed by atoms with Crippen LogP contribution in [0.3, 0.4) is 0 Å². The van der Waals surface area contributed by atoms with Crippen LogP contribution in [0, 0.1) is 17.3 Å². The van der Waals surface area contributed by atoms with Crippen LogP contribution in [0.25, 0.3) is 6.08 Å². The molecule has 3 heterocycles. The van der Waals surface area contributed by atoms with Gasteiger partial charge in [-0.2, -0.15) is 0 Å². The summed E-state index contributed by atoms with van der Waals surface area (Å²) in [6, 6.07) is 4.20. The molecule has 0 aliphatic carbocycles. The molecule has 2 fully saturated rings. The molecule has 1 aromatic rings. The maximum absolute atomic E-state index is 15.3. The van der Waals surface area contributed by atoms with E-state index in [9.17, 15) is 19.8 Å². The Morgan fingerprint density at radius 2 is 1.94 bits per heavy atom. The molecule has 8 heteroatoms. The second kappa shape index (κ2) is 10.8. The molecule has 2 aliphatic rings. The van der Waals surface area contributed by atoms with Gasteiger partial charge in [0.2, 0.25) is 5.91 Å². The number of aliphatic hydroxyl groups excluding tert-OH is 2. The van der Waals surface area contributed by atoms with Crippen LogP contribution in [-0.2, 0) is 14.3 Å². The lowest BCUT2D eigenvalue weighted by Gasteiger charge is -2.34. The number of hydrogen-bond donors (Lipinski definition) is 3. The van der Waals surface area contributed by atoms with Gasteiger partial charge < -0.3 is 20.3 Å². The average Bonchev–Trinajstić information content (AvgIpc) is 3.45. The first-order valence-electron chi connectivity index (χ1n) is 12.5. The highest BCUT2D eigenvalue weighted by Gasteiger charge is 2.52. The third-order valence-corrected chi connectivity index (χ3v) is 7.82. The number of rotatable bonds is 2. The zero-order chi connectivity index (χ0) is 26.0. The normalized spacial score (nSPS) is 37.3. The molecule has 0 saturated carbocycles. The molecule has 35 heavy (non-hydrogen) atoms. The molecule has 0 radical (unpaired) electrons. The first-order valence-corrected chi connectivity index (χ1v) is 12.5. The Balaban J connectivity index is 1.86. The molecule has 2 aliphatic heterocycles. The van der Waals surface area contributed by atoms with Crippen molar-refractivity contribution in [3.8, 4) is 0 Å². The van der Waals surface area contributed by atoms with Crippen molar-refractivity contribution < 1.29 is 28.9 Å². The molecular weight excluding hydrogens is 451 g/mol. The predicted octanol–water partition coefficient (Wildman–Crippen LogP) is 3.59. The summed E-state index contributed by atoms with van der Waals surface area (Å²) in [7, 11) is 0. The summed E-state index contributed by atoms with van der Waals surface area (Å²) in [6.07, 6.45) is 2.57. The van der Waals surface area contributed by atoms with Crippen LogP contribution in [0.5, 0.6) is 0 Å². The highest BCUT2D eigenvalue weighted by atomic mass is 19.1. The van der Waals surface area contributed by atoms with Crippen molar-refractivity contribution in [3.63, 3.8) is 0 Å². The first kappa shape index (κ1) is 27.4. The van der Waals surface area contributed by atoms with E-state index in [1.54, 1.807) is 45.2 Å². The van der Waals surface area contributed by atoms with E-state index < -0.39 is 46.9 Å². The fourth-order valence-electron chi connectivity index (χ4n) is 4.99. The fourth-order valence-corrected chi connectivity index (χ4v) is 4.99. The van der Waals surface area contributed by atoms with Crippen molar-refractivity contribution in [2.24, 2.45) is 17.3 Å². The maximum Gasteiger partial charge on any atom is 0.223 e. The molecule has 1 amide bonds. The molecule has 0 bridgehead atoms. The highest BCUT2D eigenvalue weighted by molar-refractivity contribution is 5.88. The molecule has 194 valence electrons. The molecule has 2 unspecified atom stereocenters. The van der Waals surface area contributed by atoms with Gasteiger partial charge in [-0.25, -0.2) is 4.39 Å². The lowest BCUT2D eigenvalue weighted by atomic mass is 9.72. The van der Waals surface area contributed by atoms with Gasteiger partial charge >= 0.3 is 0 Å². The van der Waals surface area contributed by atoms with Crippen molar-refractivity contribution in [2.75, 3.05) is 0 Å². The van der Waals surface area contributed by atoms with Crippen LogP contribution in [0.15, 0.2) is 30.2 Å². The third-order valence-electron chi connectivity index (χ3n) is 7.82. The Kier molecular flexibility index (Phi) is 8.50.